The summed E-state index contributed by atoms with van der Waals surface area (Å²) in [5.74, 6) is 0.959. The minimum Gasteiger partial charge on any atom is -0.468 e. The molecular weight excluding hydrogens is 200 g/mol. The molecule has 0 spiro atoms. The molecule has 1 N–H and O–H groups in total. The number of hydrogen-bond acceptors (Lipinski definition) is 3. The van der Waals surface area contributed by atoms with Gasteiger partial charge in [-0.05, 0) is 43.7 Å². The standard InChI is InChI=1S/C13H16N2O/c1-10(12-5-7-14-8-6-12)15-11(2)13-4-3-9-16-13/h3-11,15H,1-2H3/t10-,11?/m1/s1. The van der Waals surface area contributed by atoms with Gasteiger partial charge in [-0.25, -0.2) is 0 Å². The summed E-state index contributed by atoms with van der Waals surface area (Å²) in [5.41, 5.74) is 1.23. The number of rotatable bonds is 4. The highest BCUT2D eigenvalue weighted by molar-refractivity contribution is 5.15. The highest BCUT2D eigenvalue weighted by Gasteiger charge is 2.12. The molecular formula is C13H16N2O. The summed E-state index contributed by atoms with van der Waals surface area (Å²) < 4.78 is 5.36. The maximum Gasteiger partial charge on any atom is 0.120 e. The molecule has 0 fully saturated rings. The average Bonchev–Trinajstić information content (AvgIpc) is 2.83. The quantitative estimate of drug-likeness (QED) is 0.853. The summed E-state index contributed by atoms with van der Waals surface area (Å²) in [6.45, 7) is 4.23. The minimum absolute atomic E-state index is 0.207. The van der Waals surface area contributed by atoms with Crippen LogP contribution >= 0.6 is 0 Å². The van der Waals surface area contributed by atoms with Crippen LogP contribution in [0.1, 0.15) is 37.3 Å². The van der Waals surface area contributed by atoms with Gasteiger partial charge >= 0.3 is 0 Å². The Balaban J connectivity index is 2.00. The molecule has 0 aromatic carbocycles. The first kappa shape index (κ1) is 10.9. The van der Waals surface area contributed by atoms with E-state index in [-0.39, 0.29) is 12.1 Å². The molecule has 0 aliphatic rings. The summed E-state index contributed by atoms with van der Waals surface area (Å²) in [5, 5.41) is 3.48. The zero-order valence-electron chi connectivity index (χ0n) is 9.55. The number of furan rings is 1. The minimum atomic E-state index is 0.207. The first-order valence-corrected chi connectivity index (χ1v) is 5.46. The van der Waals surface area contributed by atoms with Gasteiger partial charge in [-0.2, -0.15) is 0 Å². The molecule has 3 heteroatoms. The molecule has 2 atom stereocenters. The molecule has 1 unspecified atom stereocenters. The van der Waals surface area contributed by atoms with Crippen molar-refractivity contribution in [2.45, 2.75) is 25.9 Å². The largest absolute Gasteiger partial charge is 0.468 e. The number of nitrogens with zero attached hydrogens (tertiary/aromatic N) is 1. The first-order chi connectivity index (χ1) is 7.77. The van der Waals surface area contributed by atoms with Crippen LogP contribution in [0.4, 0.5) is 0 Å². The SMILES string of the molecule is CC(N[C@H](C)c1ccncc1)c1ccco1. The molecule has 0 bridgehead atoms. The molecule has 0 saturated carbocycles. The van der Waals surface area contributed by atoms with E-state index in [0.717, 1.165) is 5.76 Å². The van der Waals surface area contributed by atoms with Crippen LogP contribution in [0.15, 0.2) is 47.3 Å². The second-order valence-electron chi connectivity index (χ2n) is 3.91. The third-order valence-electron chi connectivity index (χ3n) is 2.68. The third kappa shape index (κ3) is 2.49. The van der Waals surface area contributed by atoms with E-state index in [1.54, 1.807) is 6.26 Å². The maximum atomic E-state index is 5.36. The van der Waals surface area contributed by atoms with E-state index in [1.165, 1.54) is 5.56 Å². The lowest BCUT2D eigenvalue weighted by Crippen LogP contribution is -2.22. The van der Waals surface area contributed by atoms with Gasteiger partial charge in [-0.15, -0.1) is 0 Å². The molecule has 0 saturated heterocycles. The summed E-state index contributed by atoms with van der Waals surface area (Å²) in [7, 11) is 0. The predicted octanol–water partition coefficient (Wildman–Crippen LogP) is 3.09. The Morgan fingerprint density at radius 1 is 1.12 bits per heavy atom. The van der Waals surface area contributed by atoms with Gasteiger partial charge in [0.05, 0.1) is 12.3 Å². The molecule has 0 aliphatic heterocycles. The fourth-order valence-electron chi connectivity index (χ4n) is 1.74. The first-order valence-electron chi connectivity index (χ1n) is 5.46. The van der Waals surface area contributed by atoms with Gasteiger partial charge < -0.3 is 9.73 Å². The molecule has 16 heavy (non-hydrogen) atoms. The lowest BCUT2D eigenvalue weighted by atomic mass is 10.1. The van der Waals surface area contributed by atoms with Crippen molar-refractivity contribution in [2.75, 3.05) is 0 Å². The Morgan fingerprint density at radius 2 is 1.88 bits per heavy atom. The molecule has 3 nitrogen and oxygen atoms in total. The Hall–Kier alpha value is -1.61. The molecule has 0 aliphatic carbocycles. The fraction of sp³-hybridized carbons (Fsp3) is 0.308. The van der Waals surface area contributed by atoms with Crippen LogP contribution in [0.5, 0.6) is 0 Å². The second-order valence-corrected chi connectivity index (χ2v) is 3.91. The van der Waals surface area contributed by atoms with Gasteiger partial charge in [0.1, 0.15) is 5.76 Å². The Labute approximate surface area is 95.5 Å². The maximum absolute atomic E-state index is 5.36. The van der Waals surface area contributed by atoms with Crippen molar-refractivity contribution in [2.24, 2.45) is 0 Å². The highest BCUT2D eigenvalue weighted by Crippen LogP contribution is 2.18. The Morgan fingerprint density at radius 3 is 2.50 bits per heavy atom. The summed E-state index contributed by atoms with van der Waals surface area (Å²) in [6, 6.07) is 8.42. The zero-order valence-corrected chi connectivity index (χ0v) is 9.55. The number of aromatic nitrogens is 1. The van der Waals surface area contributed by atoms with Gasteiger partial charge in [0.15, 0.2) is 0 Å². The van der Waals surface area contributed by atoms with Crippen LogP contribution in [0, 0.1) is 0 Å². The lowest BCUT2D eigenvalue weighted by Gasteiger charge is -2.18. The molecule has 0 amide bonds. The third-order valence-corrected chi connectivity index (χ3v) is 2.68. The van der Waals surface area contributed by atoms with Crippen molar-refractivity contribution in [1.29, 1.82) is 0 Å². The molecule has 0 radical (unpaired) electrons. The Bertz CT molecular complexity index is 411. The molecule has 2 rings (SSSR count). The van der Waals surface area contributed by atoms with Crippen molar-refractivity contribution < 1.29 is 4.42 Å². The summed E-state index contributed by atoms with van der Waals surface area (Å²) >= 11 is 0. The van der Waals surface area contributed by atoms with Crippen molar-refractivity contribution in [3.05, 3.63) is 54.2 Å². The van der Waals surface area contributed by atoms with Crippen LogP contribution in [0.25, 0.3) is 0 Å². The van der Waals surface area contributed by atoms with E-state index in [2.05, 4.69) is 24.1 Å². The van der Waals surface area contributed by atoms with Crippen molar-refractivity contribution >= 4 is 0 Å². The average molecular weight is 216 g/mol. The van der Waals surface area contributed by atoms with E-state index in [1.807, 2.05) is 36.7 Å². The Kier molecular flexibility index (Phi) is 3.37. The fourth-order valence-corrected chi connectivity index (χ4v) is 1.74. The van der Waals surface area contributed by atoms with Crippen molar-refractivity contribution in [3.8, 4) is 0 Å². The molecule has 2 aromatic rings. The summed E-state index contributed by atoms with van der Waals surface area (Å²) in [4.78, 5) is 4.01. The highest BCUT2D eigenvalue weighted by atomic mass is 16.3. The van der Waals surface area contributed by atoms with Crippen LogP contribution in [0.3, 0.4) is 0 Å². The van der Waals surface area contributed by atoms with Crippen LogP contribution in [0.2, 0.25) is 0 Å². The van der Waals surface area contributed by atoms with Crippen molar-refractivity contribution in [3.63, 3.8) is 0 Å². The second kappa shape index (κ2) is 4.94. The van der Waals surface area contributed by atoms with Gasteiger partial charge in [-0.1, -0.05) is 0 Å². The van der Waals surface area contributed by atoms with E-state index < -0.39 is 0 Å². The molecule has 84 valence electrons. The van der Waals surface area contributed by atoms with Gasteiger partial charge in [-0.3, -0.25) is 4.98 Å². The van der Waals surface area contributed by atoms with Crippen LogP contribution < -0.4 is 5.32 Å². The smallest absolute Gasteiger partial charge is 0.120 e. The van der Waals surface area contributed by atoms with Crippen LogP contribution in [-0.2, 0) is 0 Å². The summed E-state index contributed by atoms with van der Waals surface area (Å²) in [6.07, 6.45) is 5.32. The van der Waals surface area contributed by atoms with Gasteiger partial charge in [0.25, 0.3) is 0 Å². The normalized spacial score (nSPS) is 14.6. The van der Waals surface area contributed by atoms with Crippen LogP contribution in [-0.4, -0.2) is 4.98 Å². The van der Waals surface area contributed by atoms with Gasteiger partial charge in [0.2, 0.25) is 0 Å². The zero-order chi connectivity index (χ0) is 11.4. The number of nitrogens with one attached hydrogen (secondary N) is 1. The van der Waals surface area contributed by atoms with E-state index in [4.69, 9.17) is 4.42 Å². The predicted molar refractivity (Wildman–Crippen MR) is 62.9 cm³/mol. The van der Waals surface area contributed by atoms with E-state index >= 15 is 0 Å². The molecule has 2 heterocycles. The van der Waals surface area contributed by atoms with Gasteiger partial charge in [0, 0.05) is 18.4 Å². The topological polar surface area (TPSA) is 38.1 Å². The number of hydrogen-bond donors (Lipinski definition) is 1. The van der Waals surface area contributed by atoms with E-state index in [9.17, 15) is 0 Å². The van der Waals surface area contributed by atoms with Crippen molar-refractivity contribution in [1.82, 2.24) is 10.3 Å². The monoisotopic (exact) mass is 216 g/mol. The number of pyridine rings is 1. The molecule has 2 aromatic heterocycles. The van der Waals surface area contributed by atoms with E-state index in [0.29, 0.717) is 0 Å². The lowest BCUT2D eigenvalue weighted by molar-refractivity contribution is 0.403.